The van der Waals surface area contributed by atoms with Crippen LogP contribution in [0.4, 0.5) is 22.7 Å². The second kappa shape index (κ2) is 6.27. The summed E-state index contributed by atoms with van der Waals surface area (Å²) >= 11 is 5.98. The van der Waals surface area contributed by atoms with Crippen LogP contribution >= 0.6 is 11.6 Å². The van der Waals surface area contributed by atoms with Gasteiger partial charge >= 0.3 is 0 Å². The van der Waals surface area contributed by atoms with Gasteiger partial charge in [0.25, 0.3) is 11.4 Å². The molecule has 0 aliphatic carbocycles. The van der Waals surface area contributed by atoms with Gasteiger partial charge in [-0.3, -0.25) is 20.2 Å². The maximum Gasteiger partial charge on any atom is 0.299 e. The molecular formula is C13H10ClN3O5. The summed E-state index contributed by atoms with van der Waals surface area (Å²) in [4.78, 5) is 20.4. The van der Waals surface area contributed by atoms with E-state index in [1.54, 1.807) is 12.1 Å². The third kappa shape index (κ3) is 3.23. The van der Waals surface area contributed by atoms with Gasteiger partial charge < -0.3 is 10.1 Å². The van der Waals surface area contributed by atoms with Gasteiger partial charge in [0.05, 0.1) is 28.0 Å². The zero-order valence-corrected chi connectivity index (χ0v) is 12.0. The lowest BCUT2D eigenvalue weighted by Gasteiger charge is -2.09. The predicted molar refractivity (Wildman–Crippen MR) is 81.0 cm³/mol. The molecule has 0 spiro atoms. The Bertz CT molecular complexity index is 750. The maximum absolute atomic E-state index is 11.1. The van der Waals surface area contributed by atoms with E-state index in [-0.39, 0.29) is 11.4 Å². The molecule has 1 N–H and O–H groups in total. The number of hydrogen-bond acceptors (Lipinski definition) is 6. The van der Waals surface area contributed by atoms with Gasteiger partial charge in [-0.1, -0.05) is 11.6 Å². The van der Waals surface area contributed by atoms with Crippen molar-refractivity contribution >= 4 is 34.4 Å². The summed E-state index contributed by atoms with van der Waals surface area (Å²) in [6.45, 7) is 0. The molecule has 114 valence electrons. The van der Waals surface area contributed by atoms with Crippen molar-refractivity contribution in [3.8, 4) is 5.75 Å². The van der Waals surface area contributed by atoms with E-state index in [4.69, 9.17) is 16.3 Å². The molecule has 0 bridgehead atoms. The third-order valence-electron chi connectivity index (χ3n) is 2.82. The van der Waals surface area contributed by atoms with Crippen molar-refractivity contribution in [2.75, 3.05) is 12.4 Å². The number of anilines is 2. The second-order valence-corrected chi connectivity index (χ2v) is 4.60. The van der Waals surface area contributed by atoms with Crippen molar-refractivity contribution < 1.29 is 14.6 Å². The Labute approximate surface area is 129 Å². The maximum atomic E-state index is 11.1. The number of ether oxygens (including phenoxy) is 1. The highest BCUT2D eigenvalue weighted by Gasteiger charge is 2.19. The van der Waals surface area contributed by atoms with Crippen LogP contribution in [-0.4, -0.2) is 17.0 Å². The van der Waals surface area contributed by atoms with Crippen LogP contribution in [0, 0.1) is 20.2 Å². The molecule has 2 aromatic rings. The molecule has 0 heterocycles. The Morgan fingerprint density at radius 2 is 1.82 bits per heavy atom. The van der Waals surface area contributed by atoms with Crippen molar-refractivity contribution in [2.45, 2.75) is 0 Å². The Morgan fingerprint density at radius 3 is 2.36 bits per heavy atom. The molecule has 0 saturated carbocycles. The van der Waals surface area contributed by atoms with Gasteiger partial charge in [0, 0.05) is 11.8 Å². The van der Waals surface area contributed by atoms with E-state index in [0.29, 0.717) is 16.5 Å². The summed E-state index contributed by atoms with van der Waals surface area (Å²) < 4.78 is 5.01. The van der Waals surface area contributed by atoms with Gasteiger partial charge in [-0.25, -0.2) is 0 Å². The average Bonchev–Trinajstić information content (AvgIpc) is 2.47. The van der Waals surface area contributed by atoms with Crippen LogP contribution in [0.15, 0.2) is 36.4 Å². The summed E-state index contributed by atoms with van der Waals surface area (Å²) in [6, 6.07) is 8.10. The van der Waals surface area contributed by atoms with Crippen LogP contribution < -0.4 is 10.1 Å². The number of rotatable bonds is 5. The van der Waals surface area contributed by atoms with Gasteiger partial charge in [-0.05, 0) is 24.3 Å². The molecule has 0 aromatic heterocycles. The minimum Gasteiger partial charge on any atom is -0.495 e. The van der Waals surface area contributed by atoms with Crippen molar-refractivity contribution in [3.05, 3.63) is 61.6 Å². The molecule has 0 radical (unpaired) electrons. The lowest BCUT2D eigenvalue weighted by molar-refractivity contribution is -0.393. The van der Waals surface area contributed by atoms with Crippen LogP contribution in [0.3, 0.4) is 0 Å². The SMILES string of the molecule is COc1ccc(Nc2ccc([N+](=O)[O-])cc2[N+](=O)[O-])cc1Cl. The smallest absolute Gasteiger partial charge is 0.299 e. The number of methoxy groups -OCH3 is 1. The molecule has 0 saturated heterocycles. The molecule has 9 heteroatoms. The van der Waals surface area contributed by atoms with Crippen molar-refractivity contribution in [1.29, 1.82) is 0 Å². The number of halogens is 1. The van der Waals surface area contributed by atoms with Gasteiger partial charge in [-0.2, -0.15) is 0 Å². The minimum atomic E-state index is -0.694. The summed E-state index contributed by atoms with van der Waals surface area (Å²) in [6.07, 6.45) is 0. The molecule has 0 fully saturated rings. The molecule has 0 aliphatic rings. The topological polar surface area (TPSA) is 108 Å². The Hall–Kier alpha value is -2.87. The van der Waals surface area contributed by atoms with Crippen LogP contribution in [0.25, 0.3) is 0 Å². The Balaban J connectivity index is 2.38. The summed E-state index contributed by atoms with van der Waals surface area (Å²) in [5.74, 6) is 0.463. The molecule has 2 aromatic carbocycles. The minimum absolute atomic E-state index is 0.122. The third-order valence-corrected chi connectivity index (χ3v) is 3.12. The van der Waals surface area contributed by atoms with Crippen LogP contribution in [0.1, 0.15) is 0 Å². The van der Waals surface area contributed by atoms with Crippen LogP contribution in [0.5, 0.6) is 5.75 Å². The lowest BCUT2D eigenvalue weighted by Crippen LogP contribution is -1.99. The number of non-ortho nitro benzene ring substituents is 1. The lowest BCUT2D eigenvalue weighted by atomic mass is 10.2. The quantitative estimate of drug-likeness (QED) is 0.660. The first-order valence-electron chi connectivity index (χ1n) is 5.95. The van der Waals surface area contributed by atoms with E-state index < -0.39 is 15.5 Å². The van der Waals surface area contributed by atoms with Crippen LogP contribution in [0.2, 0.25) is 5.02 Å². The van der Waals surface area contributed by atoms with Crippen molar-refractivity contribution in [3.63, 3.8) is 0 Å². The molecule has 0 unspecified atom stereocenters. The molecule has 0 amide bonds. The van der Waals surface area contributed by atoms with E-state index in [1.807, 2.05) is 0 Å². The summed E-state index contributed by atoms with van der Waals surface area (Å²) in [5.41, 5.74) is -0.147. The molecule has 0 aliphatic heterocycles. The van der Waals surface area contributed by atoms with E-state index in [9.17, 15) is 20.2 Å². The zero-order chi connectivity index (χ0) is 16.3. The fourth-order valence-corrected chi connectivity index (χ4v) is 2.05. The number of hydrogen-bond donors (Lipinski definition) is 1. The van der Waals surface area contributed by atoms with E-state index in [2.05, 4.69) is 5.32 Å². The van der Waals surface area contributed by atoms with Crippen molar-refractivity contribution in [1.82, 2.24) is 0 Å². The van der Waals surface area contributed by atoms with Gasteiger partial charge in [0.1, 0.15) is 11.4 Å². The molecule has 0 atom stereocenters. The highest BCUT2D eigenvalue weighted by Crippen LogP contribution is 2.33. The fourth-order valence-electron chi connectivity index (χ4n) is 1.79. The summed E-state index contributed by atoms with van der Waals surface area (Å²) in [7, 11) is 1.47. The Morgan fingerprint density at radius 1 is 1.09 bits per heavy atom. The van der Waals surface area contributed by atoms with E-state index >= 15 is 0 Å². The van der Waals surface area contributed by atoms with Crippen molar-refractivity contribution in [2.24, 2.45) is 0 Å². The molecule has 22 heavy (non-hydrogen) atoms. The first-order chi connectivity index (χ1) is 10.4. The average molecular weight is 324 g/mol. The standard InChI is InChI=1S/C13H10ClN3O5/c1-22-13-5-2-8(6-10(13)14)15-11-4-3-9(16(18)19)7-12(11)17(20)21/h2-7,15H,1H3. The highest BCUT2D eigenvalue weighted by atomic mass is 35.5. The van der Waals surface area contributed by atoms with E-state index in [1.165, 1.54) is 25.3 Å². The first-order valence-corrected chi connectivity index (χ1v) is 6.33. The normalized spacial score (nSPS) is 10.1. The fraction of sp³-hybridized carbons (Fsp3) is 0.0769. The first kappa shape index (κ1) is 15.5. The number of benzene rings is 2. The largest absolute Gasteiger partial charge is 0.495 e. The number of nitro groups is 2. The molecule has 2 rings (SSSR count). The zero-order valence-electron chi connectivity index (χ0n) is 11.3. The predicted octanol–water partition coefficient (Wildman–Crippen LogP) is 3.91. The Kier molecular flexibility index (Phi) is 4.42. The number of nitrogens with one attached hydrogen (secondary N) is 1. The second-order valence-electron chi connectivity index (χ2n) is 4.19. The van der Waals surface area contributed by atoms with Crippen LogP contribution in [-0.2, 0) is 0 Å². The molecule has 8 nitrogen and oxygen atoms in total. The number of nitro benzene ring substituents is 2. The number of nitrogens with zero attached hydrogens (tertiary/aromatic N) is 2. The van der Waals surface area contributed by atoms with Gasteiger partial charge in [0.2, 0.25) is 0 Å². The van der Waals surface area contributed by atoms with Gasteiger partial charge in [0.15, 0.2) is 0 Å². The van der Waals surface area contributed by atoms with Gasteiger partial charge in [-0.15, -0.1) is 0 Å². The summed E-state index contributed by atoms with van der Waals surface area (Å²) in [5, 5.41) is 24.9. The monoisotopic (exact) mass is 323 g/mol. The highest BCUT2D eigenvalue weighted by molar-refractivity contribution is 6.32. The van der Waals surface area contributed by atoms with E-state index in [0.717, 1.165) is 6.07 Å². The molecular weight excluding hydrogens is 314 g/mol.